The average molecular weight is 317 g/mol. The number of fused-ring (bicyclic) bond motifs is 3. The lowest BCUT2D eigenvalue weighted by atomic mass is 9.87. The molecule has 2 aromatic carbocycles. The van der Waals surface area contributed by atoms with E-state index in [1.807, 2.05) is 42.5 Å². The van der Waals surface area contributed by atoms with Gasteiger partial charge in [0.25, 0.3) is 5.91 Å². The summed E-state index contributed by atoms with van der Waals surface area (Å²) in [5.41, 5.74) is 3.52. The first-order chi connectivity index (χ1) is 11.7. The Bertz CT molecular complexity index is 867. The van der Waals surface area contributed by atoms with E-state index in [0.717, 1.165) is 16.7 Å². The predicted molar refractivity (Wildman–Crippen MR) is 91.0 cm³/mol. The van der Waals surface area contributed by atoms with Crippen molar-refractivity contribution in [2.75, 3.05) is 0 Å². The minimum Gasteiger partial charge on any atom is -0.451 e. The maximum atomic E-state index is 12.3. The van der Waals surface area contributed by atoms with Crippen molar-refractivity contribution in [1.82, 2.24) is 5.32 Å². The van der Waals surface area contributed by atoms with Crippen LogP contribution in [0.3, 0.4) is 0 Å². The molecule has 0 fully saturated rings. The highest BCUT2D eigenvalue weighted by atomic mass is 16.5. The fourth-order valence-corrected chi connectivity index (χ4v) is 3.00. The number of hydrogen-bond acceptors (Lipinski definition) is 3. The van der Waals surface area contributed by atoms with Crippen LogP contribution in [0.2, 0.25) is 0 Å². The number of benzene rings is 2. The number of esters is 1. The summed E-state index contributed by atoms with van der Waals surface area (Å²) in [4.78, 5) is 24.5. The highest BCUT2D eigenvalue weighted by Crippen LogP contribution is 2.33. The summed E-state index contributed by atoms with van der Waals surface area (Å²) in [6.07, 6.45) is 5.21. The van der Waals surface area contributed by atoms with Gasteiger partial charge >= 0.3 is 5.97 Å². The fraction of sp³-hybridized carbons (Fsp3) is 0.100. The highest BCUT2D eigenvalue weighted by molar-refractivity contribution is 5.99. The van der Waals surface area contributed by atoms with Crippen LogP contribution in [0.5, 0.6) is 0 Å². The van der Waals surface area contributed by atoms with Crippen LogP contribution in [0.4, 0.5) is 0 Å². The van der Waals surface area contributed by atoms with Crippen molar-refractivity contribution < 1.29 is 14.3 Å². The van der Waals surface area contributed by atoms with E-state index in [1.54, 1.807) is 30.3 Å². The van der Waals surface area contributed by atoms with Gasteiger partial charge in [-0.1, -0.05) is 48.5 Å². The fourth-order valence-electron chi connectivity index (χ4n) is 3.00. The van der Waals surface area contributed by atoms with Crippen LogP contribution >= 0.6 is 0 Å². The average Bonchev–Trinajstić information content (AvgIpc) is 2.63. The van der Waals surface area contributed by atoms with Crippen LogP contribution in [-0.2, 0) is 9.53 Å². The van der Waals surface area contributed by atoms with Crippen LogP contribution < -0.4 is 5.32 Å². The lowest BCUT2D eigenvalue weighted by Crippen LogP contribution is -2.45. The first-order valence-corrected chi connectivity index (χ1v) is 7.78. The summed E-state index contributed by atoms with van der Waals surface area (Å²) >= 11 is 0. The van der Waals surface area contributed by atoms with Crippen LogP contribution in [0.15, 0.2) is 66.7 Å². The second-order valence-corrected chi connectivity index (χ2v) is 5.74. The van der Waals surface area contributed by atoms with Gasteiger partial charge in [-0.2, -0.15) is 0 Å². The number of hydrogen-bond donors (Lipinski definition) is 1. The summed E-state index contributed by atoms with van der Waals surface area (Å²) in [5, 5.41) is 2.73. The number of rotatable bonds is 2. The standard InChI is InChI=1S/C20H15NO3/c22-19(14-7-2-1-3-8-14)21-17-12-16-15-9-5-4-6-13(15)10-11-18(16)24-20(17)23/h1-12,17-18H,(H,21,22). The van der Waals surface area contributed by atoms with Gasteiger partial charge in [0, 0.05) is 11.1 Å². The van der Waals surface area contributed by atoms with E-state index in [4.69, 9.17) is 4.74 Å². The molecule has 0 bridgehead atoms. The zero-order chi connectivity index (χ0) is 16.5. The summed E-state index contributed by atoms with van der Waals surface area (Å²) in [6, 6.07) is 15.9. The Morgan fingerprint density at radius 3 is 2.58 bits per heavy atom. The molecule has 2 aromatic rings. The molecule has 1 aliphatic carbocycles. The molecule has 4 rings (SSSR count). The second kappa shape index (κ2) is 5.81. The van der Waals surface area contributed by atoms with Gasteiger partial charge in [-0.3, -0.25) is 4.79 Å². The smallest absolute Gasteiger partial charge is 0.333 e. The van der Waals surface area contributed by atoms with Crippen LogP contribution in [0.25, 0.3) is 11.6 Å². The van der Waals surface area contributed by atoms with Gasteiger partial charge in [0.15, 0.2) is 0 Å². The van der Waals surface area contributed by atoms with E-state index in [2.05, 4.69) is 5.32 Å². The molecule has 2 aliphatic rings. The molecule has 118 valence electrons. The maximum Gasteiger partial charge on any atom is 0.333 e. The number of carbonyl (C=O) groups is 2. The minimum atomic E-state index is -0.788. The maximum absolute atomic E-state index is 12.3. The summed E-state index contributed by atoms with van der Waals surface area (Å²) in [7, 11) is 0. The molecule has 1 amide bonds. The lowest BCUT2D eigenvalue weighted by molar-refractivity contribution is -0.146. The van der Waals surface area contributed by atoms with Gasteiger partial charge in [0.2, 0.25) is 0 Å². The zero-order valence-electron chi connectivity index (χ0n) is 12.8. The van der Waals surface area contributed by atoms with Crippen molar-refractivity contribution in [1.29, 1.82) is 0 Å². The van der Waals surface area contributed by atoms with Crippen molar-refractivity contribution in [2.45, 2.75) is 12.1 Å². The van der Waals surface area contributed by atoms with Crippen LogP contribution in [0.1, 0.15) is 21.5 Å². The minimum absolute atomic E-state index is 0.299. The second-order valence-electron chi connectivity index (χ2n) is 5.74. The molecule has 1 N–H and O–H groups in total. The Hall–Kier alpha value is -3.14. The van der Waals surface area contributed by atoms with Gasteiger partial charge < -0.3 is 10.1 Å². The first-order valence-electron chi connectivity index (χ1n) is 7.78. The molecular weight excluding hydrogens is 302 g/mol. The summed E-state index contributed by atoms with van der Waals surface area (Å²) in [6.45, 7) is 0. The van der Waals surface area contributed by atoms with Gasteiger partial charge in [-0.05, 0) is 35.4 Å². The number of nitrogens with one attached hydrogen (secondary N) is 1. The molecule has 24 heavy (non-hydrogen) atoms. The molecule has 0 spiro atoms. The Labute approximate surface area is 139 Å². The van der Waals surface area contributed by atoms with Gasteiger partial charge in [0.05, 0.1) is 0 Å². The molecular formula is C20H15NO3. The third-order valence-electron chi connectivity index (χ3n) is 4.19. The molecule has 2 unspecified atom stereocenters. The van der Waals surface area contributed by atoms with Gasteiger partial charge in [-0.15, -0.1) is 0 Å². The predicted octanol–water partition coefficient (Wildman–Crippen LogP) is 2.82. The van der Waals surface area contributed by atoms with E-state index in [0.29, 0.717) is 5.56 Å². The van der Waals surface area contributed by atoms with Crippen molar-refractivity contribution in [2.24, 2.45) is 0 Å². The normalized spacial score (nSPS) is 21.2. The third-order valence-corrected chi connectivity index (χ3v) is 4.19. The molecule has 0 saturated carbocycles. The third kappa shape index (κ3) is 2.52. The topological polar surface area (TPSA) is 55.4 Å². The van der Waals surface area contributed by atoms with Crippen molar-refractivity contribution in [3.05, 3.63) is 83.4 Å². The largest absolute Gasteiger partial charge is 0.451 e. The van der Waals surface area contributed by atoms with Crippen molar-refractivity contribution >= 4 is 23.5 Å². The quantitative estimate of drug-likeness (QED) is 0.867. The van der Waals surface area contributed by atoms with E-state index in [1.165, 1.54) is 0 Å². The Balaban J connectivity index is 1.65. The van der Waals surface area contributed by atoms with Crippen molar-refractivity contribution in [3.63, 3.8) is 0 Å². The van der Waals surface area contributed by atoms with E-state index in [-0.39, 0.29) is 5.91 Å². The monoisotopic (exact) mass is 317 g/mol. The lowest BCUT2D eigenvalue weighted by Gasteiger charge is -2.30. The van der Waals surface area contributed by atoms with E-state index in [9.17, 15) is 9.59 Å². The molecule has 0 radical (unpaired) electrons. The number of carbonyl (C=O) groups excluding carboxylic acids is 2. The Morgan fingerprint density at radius 2 is 1.75 bits per heavy atom. The first kappa shape index (κ1) is 14.5. The number of amides is 1. The van der Waals surface area contributed by atoms with Gasteiger partial charge in [0.1, 0.15) is 12.1 Å². The van der Waals surface area contributed by atoms with Crippen LogP contribution in [-0.4, -0.2) is 24.0 Å². The van der Waals surface area contributed by atoms with Crippen LogP contribution in [0, 0.1) is 0 Å². The molecule has 4 heteroatoms. The highest BCUT2D eigenvalue weighted by Gasteiger charge is 2.33. The van der Waals surface area contributed by atoms with E-state index >= 15 is 0 Å². The molecule has 0 saturated heterocycles. The Morgan fingerprint density at radius 1 is 1.00 bits per heavy atom. The molecule has 1 aliphatic heterocycles. The summed E-state index contributed by atoms with van der Waals surface area (Å²) in [5.74, 6) is -0.746. The van der Waals surface area contributed by atoms with Crippen molar-refractivity contribution in [3.8, 4) is 0 Å². The van der Waals surface area contributed by atoms with E-state index < -0.39 is 18.1 Å². The van der Waals surface area contributed by atoms with Gasteiger partial charge in [-0.25, -0.2) is 4.79 Å². The Kier molecular flexibility index (Phi) is 3.50. The molecule has 1 heterocycles. The zero-order valence-corrected chi connectivity index (χ0v) is 12.8. The molecule has 2 atom stereocenters. The molecule has 0 aromatic heterocycles. The SMILES string of the molecule is O=C(NC1C=C2c3ccccc3C=CC2OC1=O)c1ccccc1. The number of ether oxygens (including phenoxy) is 1. The summed E-state index contributed by atoms with van der Waals surface area (Å²) < 4.78 is 5.49. The molecule has 4 nitrogen and oxygen atoms in total.